The van der Waals surface area contributed by atoms with Crippen molar-refractivity contribution in [3.05, 3.63) is 72.3 Å². The highest BCUT2D eigenvalue weighted by atomic mass is 16.1. The van der Waals surface area contributed by atoms with E-state index >= 15 is 0 Å². The smallest absolute Gasteiger partial charge is 0.221 e. The number of rotatable bonds is 2. The summed E-state index contributed by atoms with van der Waals surface area (Å²) in [5.74, 6) is -0.300. The van der Waals surface area contributed by atoms with E-state index in [1.165, 1.54) is 21.5 Å². The molecule has 0 radical (unpaired) electrons. The van der Waals surface area contributed by atoms with Gasteiger partial charge in [0.15, 0.2) is 0 Å². The van der Waals surface area contributed by atoms with Gasteiger partial charge < -0.3 is 5.73 Å². The molecule has 2 heteroatoms. The summed E-state index contributed by atoms with van der Waals surface area (Å²) in [6.45, 7) is 0. The van der Waals surface area contributed by atoms with Crippen molar-refractivity contribution in [2.75, 3.05) is 0 Å². The third-order valence-electron chi connectivity index (χ3n) is 4.16. The van der Waals surface area contributed by atoms with Crippen LogP contribution in [0.1, 0.15) is 5.56 Å². The molecule has 0 unspecified atom stereocenters. The molecule has 4 rings (SSSR count). The second-order valence-electron chi connectivity index (χ2n) is 5.68. The number of hydrogen-bond donors (Lipinski definition) is 1. The highest BCUT2D eigenvalue weighted by Crippen LogP contribution is 2.29. The maximum absolute atomic E-state index is 11.3. The monoisotopic (exact) mass is 285 g/mol. The van der Waals surface area contributed by atoms with Gasteiger partial charge in [-0.05, 0) is 62.1 Å². The van der Waals surface area contributed by atoms with Crippen LogP contribution in [0.15, 0.2) is 66.7 Å². The van der Waals surface area contributed by atoms with Gasteiger partial charge in [0.05, 0.1) is 6.42 Å². The number of fused-ring (bicyclic) bond motifs is 3. The minimum Gasteiger partial charge on any atom is -0.369 e. The molecule has 22 heavy (non-hydrogen) atoms. The number of primary amides is 1. The van der Waals surface area contributed by atoms with Crippen molar-refractivity contribution in [1.82, 2.24) is 0 Å². The number of amides is 1. The van der Waals surface area contributed by atoms with Crippen LogP contribution >= 0.6 is 0 Å². The van der Waals surface area contributed by atoms with E-state index in [1.807, 2.05) is 18.2 Å². The minimum absolute atomic E-state index is 0.274. The topological polar surface area (TPSA) is 43.1 Å². The first-order chi connectivity index (χ1) is 10.7. The van der Waals surface area contributed by atoms with Gasteiger partial charge in [-0.2, -0.15) is 0 Å². The van der Waals surface area contributed by atoms with E-state index in [-0.39, 0.29) is 12.3 Å². The molecule has 0 saturated carbocycles. The van der Waals surface area contributed by atoms with Gasteiger partial charge in [-0.3, -0.25) is 4.79 Å². The van der Waals surface area contributed by atoms with E-state index in [0.717, 1.165) is 16.3 Å². The van der Waals surface area contributed by atoms with Gasteiger partial charge in [-0.15, -0.1) is 0 Å². The summed E-state index contributed by atoms with van der Waals surface area (Å²) in [5, 5.41) is 7.10. The van der Waals surface area contributed by atoms with Crippen molar-refractivity contribution in [2.45, 2.75) is 6.42 Å². The Labute approximate surface area is 128 Å². The molecule has 0 aliphatic heterocycles. The van der Waals surface area contributed by atoms with Crippen molar-refractivity contribution < 1.29 is 4.79 Å². The zero-order valence-corrected chi connectivity index (χ0v) is 12.0. The lowest BCUT2D eigenvalue weighted by Gasteiger charge is -2.08. The Morgan fingerprint density at radius 1 is 0.727 bits per heavy atom. The summed E-state index contributed by atoms with van der Waals surface area (Å²) < 4.78 is 0. The molecule has 0 heterocycles. The summed E-state index contributed by atoms with van der Waals surface area (Å²) in [6, 6.07) is 23.1. The van der Waals surface area contributed by atoms with Crippen molar-refractivity contribution in [3.63, 3.8) is 0 Å². The van der Waals surface area contributed by atoms with Crippen molar-refractivity contribution in [1.29, 1.82) is 0 Å². The maximum Gasteiger partial charge on any atom is 0.221 e. The molecule has 0 spiro atoms. The van der Waals surface area contributed by atoms with Gasteiger partial charge in [0, 0.05) is 0 Å². The largest absolute Gasteiger partial charge is 0.369 e. The Hall–Kier alpha value is -2.87. The molecule has 0 aliphatic carbocycles. The van der Waals surface area contributed by atoms with Crippen LogP contribution in [-0.4, -0.2) is 5.91 Å². The first kappa shape index (κ1) is 12.8. The van der Waals surface area contributed by atoms with E-state index in [1.54, 1.807) is 0 Å². The summed E-state index contributed by atoms with van der Waals surface area (Å²) in [6.07, 6.45) is 0.274. The predicted molar refractivity (Wildman–Crippen MR) is 91.9 cm³/mol. The lowest BCUT2D eigenvalue weighted by atomic mass is 9.96. The average Bonchev–Trinajstić information content (AvgIpc) is 2.51. The molecule has 4 aromatic rings. The van der Waals surface area contributed by atoms with Crippen LogP contribution < -0.4 is 5.73 Å². The van der Waals surface area contributed by atoms with E-state index in [0.29, 0.717) is 0 Å². The maximum atomic E-state index is 11.3. The van der Waals surface area contributed by atoms with Gasteiger partial charge in [0.25, 0.3) is 0 Å². The Kier molecular flexibility index (Phi) is 2.83. The summed E-state index contributed by atoms with van der Waals surface area (Å²) in [7, 11) is 0. The number of hydrogen-bond acceptors (Lipinski definition) is 1. The zero-order valence-electron chi connectivity index (χ0n) is 12.0. The standard InChI is InChI=1S/C20H15NO/c21-20(22)12-16-7-3-6-15-10-17-8-13-4-1-2-5-14(13)9-18(17)11-19(15)16/h1-11H,12H2,(H2,21,22). The summed E-state index contributed by atoms with van der Waals surface area (Å²) in [5.41, 5.74) is 6.35. The van der Waals surface area contributed by atoms with Crippen LogP contribution in [0.2, 0.25) is 0 Å². The van der Waals surface area contributed by atoms with E-state index in [9.17, 15) is 4.79 Å². The van der Waals surface area contributed by atoms with Crippen molar-refractivity contribution in [2.24, 2.45) is 5.73 Å². The average molecular weight is 285 g/mol. The number of carbonyl (C=O) groups is 1. The second-order valence-corrected chi connectivity index (χ2v) is 5.68. The predicted octanol–water partition coefficient (Wildman–Crippen LogP) is 4.17. The zero-order chi connectivity index (χ0) is 15.1. The molecular weight excluding hydrogens is 270 g/mol. The second kappa shape index (κ2) is 4.85. The van der Waals surface area contributed by atoms with Crippen LogP contribution in [0.25, 0.3) is 32.3 Å². The van der Waals surface area contributed by atoms with Crippen LogP contribution in [0.3, 0.4) is 0 Å². The fraction of sp³-hybridized carbons (Fsp3) is 0.0500. The lowest BCUT2D eigenvalue weighted by Crippen LogP contribution is -2.13. The number of nitrogens with two attached hydrogens (primary N) is 1. The van der Waals surface area contributed by atoms with Crippen molar-refractivity contribution in [3.8, 4) is 0 Å². The lowest BCUT2D eigenvalue weighted by molar-refractivity contribution is -0.117. The molecule has 0 bridgehead atoms. The van der Waals surface area contributed by atoms with Crippen LogP contribution in [0.5, 0.6) is 0 Å². The highest BCUT2D eigenvalue weighted by Gasteiger charge is 2.06. The number of benzene rings is 4. The molecule has 0 atom stereocenters. The normalized spacial score (nSPS) is 11.3. The van der Waals surface area contributed by atoms with E-state index < -0.39 is 0 Å². The van der Waals surface area contributed by atoms with Crippen LogP contribution in [0.4, 0.5) is 0 Å². The first-order valence-electron chi connectivity index (χ1n) is 7.33. The molecular formula is C20H15NO. The Morgan fingerprint density at radius 3 is 2.00 bits per heavy atom. The molecule has 4 aromatic carbocycles. The Bertz CT molecular complexity index is 1030. The number of carbonyl (C=O) groups excluding carboxylic acids is 1. The minimum atomic E-state index is -0.300. The Morgan fingerprint density at radius 2 is 1.32 bits per heavy atom. The quantitative estimate of drug-likeness (QED) is 0.552. The fourth-order valence-corrected chi connectivity index (χ4v) is 3.13. The van der Waals surface area contributed by atoms with Gasteiger partial charge in [0.2, 0.25) is 5.91 Å². The molecule has 0 fully saturated rings. The molecule has 2 N–H and O–H groups in total. The van der Waals surface area contributed by atoms with Gasteiger partial charge >= 0.3 is 0 Å². The van der Waals surface area contributed by atoms with Gasteiger partial charge in [-0.1, -0.05) is 42.5 Å². The molecule has 0 saturated heterocycles. The molecule has 0 aliphatic rings. The Balaban J connectivity index is 2.05. The molecule has 1 amide bonds. The molecule has 2 nitrogen and oxygen atoms in total. The van der Waals surface area contributed by atoms with E-state index in [2.05, 4.69) is 48.5 Å². The van der Waals surface area contributed by atoms with Gasteiger partial charge in [-0.25, -0.2) is 0 Å². The third-order valence-corrected chi connectivity index (χ3v) is 4.16. The SMILES string of the molecule is NC(=O)Cc1cccc2cc3cc4ccccc4cc3cc12. The molecule has 106 valence electrons. The molecule has 0 aromatic heterocycles. The van der Waals surface area contributed by atoms with E-state index in [4.69, 9.17) is 5.73 Å². The van der Waals surface area contributed by atoms with Crippen LogP contribution in [0, 0.1) is 0 Å². The first-order valence-corrected chi connectivity index (χ1v) is 7.33. The van der Waals surface area contributed by atoms with Crippen molar-refractivity contribution >= 4 is 38.2 Å². The summed E-state index contributed by atoms with van der Waals surface area (Å²) >= 11 is 0. The highest BCUT2D eigenvalue weighted by molar-refractivity contribution is 6.05. The fourth-order valence-electron chi connectivity index (χ4n) is 3.13. The van der Waals surface area contributed by atoms with Gasteiger partial charge in [0.1, 0.15) is 0 Å². The third kappa shape index (κ3) is 2.09. The summed E-state index contributed by atoms with van der Waals surface area (Å²) in [4.78, 5) is 11.3. The van der Waals surface area contributed by atoms with Crippen LogP contribution in [-0.2, 0) is 11.2 Å².